The molecule has 0 aliphatic carbocycles. The van der Waals surface area contributed by atoms with Crippen LogP contribution in [0.3, 0.4) is 0 Å². The number of alkyl halides is 1. The molecule has 0 fully saturated rings. The van der Waals surface area contributed by atoms with Gasteiger partial charge in [0.05, 0.1) is 5.60 Å². The normalized spacial score (nSPS) is 14.1. The maximum absolute atomic E-state index is 11.1. The lowest BCUT2D eigenvalue weighted by atomic mass is 10.1. The van der Waals surface area contributed by atoms with Gasteiger partial charge in [0.15, 0.2) is 0 Å². The number of halogens is 1. The first-order valence-corrected chi connectivity index (χ1v) is 4.46. The molecule has 1 unspecified atom stereocenters. The van der Waals surface area contributed by atoms with Gasteiger partial charge in [-0.2, -0.15) is 0 Å². The molecular formula is C8H16ClNO2. The Bertz CT molecular complexity index is 154. The van der Waals surface area contributed by atoms with E-state index in [9.17, 15) is 9.90 Å². The SMILES string of the molecule is CC(CCl)C(=O)NCC(C)(C)O. The molecule has 0 radical (unpaired) electrons. The van der Waals surface area contributed by atoms with E-state index in [0.29, 0.717) is 5.88 Å². The van der Waals surface area contributed by atoms with Crippen LogP contribution in [0.15, 0.2) is 0 Å². The fraction of sp³-hybridized carbons (Fsp3) is 0.875. The van der Waals surface area contributed by atoms with Gasteiger partial charge >= 0.3 is 0 Å². The molecule has 0 bridgehead atoms. The van der Waals surface area contributed by atoms with Gasteiger partial charge in [0.25, 0.3) is 0 Å². The highest BCUT2D eigenvalue weighted by molar-refractivity contribution is 6.19. The Hall–Kier alpha value is -0.280. The first kappa shape index (κ1) is 11.7. The summed E-state index contributed by atoms with van der Waals surface area (Å²) in [4.78, 5) is 11.1. The number of amides is 1. The molecule has 0 saturated heterocycles. The van der Waals surface area contributed by atoms with E-state index in [1.165, 1.54) is 0 Å². The zero-order chi connectivity index (χ0) is 9.78. The highest BCUT2D eigenvalue weighted by Crippen LogP contribution is 2.01. The van der Waals surface area contributed by atoms with Gasteiger partial charge in [-0.15, -0.1) is 11.6 Å². The third kappa shape index (κ3) is 5.38. The van der Waals surface area contributed by atoms with Crippen molar-refractivity contribution >= 4 is 17.5 Å². The number of carbonyl (C=O) groups is 1. The van der Waals surface area contributed by atoms with Crippen LogP contribution >= 0.6 is 11.6 Å². The van der Waals surface area contributed by atoms with Crippen molar-refractivity contribution in [2.75, 3.05) is 12.4 Å². The van der Waals surface area contributed by atoms with Gasteiger partial charge < -0.3 is 10.4 Å². The standard InChI is InChI=1S/C8H16ClNO2/c1-6(4-9)7(11)10-5-8(2,3)12/h6,12H,4-5H2,1-3H3,(H,10,11). The quantitative estimate of drug-likeness (QED) is 0.648. The van der Waals surface area contributed by atoms with E-state index >= 15 is 0 Å². The van der Waals surface area contributed by atoms with Gasteiger partial charge in [0, 0.05) is 18.3 Å². The van der Waals surface area contributed by atoms with Gasteiger partial charge in [-0.05, 0) is 13.8 Å². The van der Waals surface area contributed by atoms with E-state index in [2.05, 4.69) is 5.32 Å². The predicted molar refractivity (Wildman–Crippen MR) is 49.2 cm³/mol. The van der Waals surface area contributed by atoms with Gasteiger partial charge in [-0.3, -0.25) is 4.79 Å². The molecule has 0 aromatic heterocycles. The lowest BCUT2D eigenvalue weighted by molar-refractivity contribution is -0.124. The first-order valence-electron chi connectivity index (χ1n) is 3.93. The summed E-state index contributed by atoms with van der Waals surface area (Å²) in [5, 5.41) is 11.9. The summed E-state index contributed by atoms with van der Waals surface area (Å²) in [5.74, 6) is -0.0151. The molecule has 1 atom stereocenters. The average molecular weight is 194 g/mol. The van der Waals surface area contributed by atoms with Crippen LogP contribution in [-0.2, 0) is 4.79 Å². The third-order valence-electron chi connectivity index (χ3n) is 1.37. The van der Waals surface area contributed by atoms with Crippen LogP contribution in [0.25, 0.3) is 0 Å². The van der Waals surface area contributed by atoms with Gasteiger partial charge in [-0.25, -0.2) is 0 Å². The second-order valence-electron chi connectivity index (χ2n) is 3.59. The van der Waals surface area contributed by atoms with Crippen molar-refractivity contribution < 1.29 is 9.90 Å². The van der Waals surface area contributed by atoms with Crippen molar-refractivity contribution in [3.63, 3.8) is 0 Å². The number of hydrogen-bond acceptors (Lipinski definition) is 2. The third-order valence-corrected chi connectivity index (χ3v) is 1.84. The van der Waals surface area contributed by atoms with Crippen LogP contribution in [0.5, 0.6) is 0 Å². The zero-order valence-corrected chi connectivity index (χ0v) is 8.48. The van der Waals surface area contributed by atoms with Gasteiger partial charge in [0.1, 0.15) is 0 Å². The summed E-state index contributed by atoms with van der Waals surface area (Å²) in [5.41, 5.74) is -0.859. The number of rotatable bonds is 4. The van der Waals surface area contributed by atoms with Gasteiger partial charge in [-0.1, -0.05) is 6.92 Å². The Morgan fingerprint density at radius 3 is 2.50 bits per heavy atom. The second-order valence-corrected chi connectivity index (χ2v) is 3.89. The molecule has 0 heterocycles. The summed E-state index contributed by atoms with van der Waals surface area (Å²) >= 11 is 5.47. The molecule has 2 N–H and O–H groups in total. The maximum Gasteiger partial charge on any atom is 0.224 e. The number of carbonyl (C=O) groups excluding carboxylic acids is 1. The smallest absolute Gasteiger partial charge is 0.224 e. The number of hydrogen-bond donors (Lipinski definition) is 2. The summed E-state index contributed by atoms with van der Waals surface area (Å²) in [7, 11) is 0. The van der Waals surface area contributed by atoms with Crippen molar-refractivity contribution in [3.8, 4) is 0 Å². The first-order chi connectivity index (χ1) is 5.37. The lowest BCUT2D eigenvalue weighted by Gasteiger charge is -2.18. The van der Waals surface area contributed by atoms with E-state index in [4.69, 9.17) is 11.6 Å². The lowest BCUT2D eigenvalue weighted by Crippen LogP contribution is -2.40. The molecule has 0 aliphatic rings. The van der Waals surface area contributed by atoms with E-state index in [-0.39, 0.29) is 18.4 Å². The fourth-order valence-corrected chi connectivity index (χ4v) is 0.688. The summed E-state index contributed by atoms with van der Waals surface area (Å²) in [6.45, 7) is 5.27. The number of aliphatic hydroxyl groups is 1. The second kappa shape index (κ2) is 4.67. The average Bonchev–Trinajstić information content (AvgIpc) is 1.97. The largest absolute Gasteiger partial charge is 0.389 e. The topological polar surface area (TPSA) is 49.3 Å². The van der Waals surface area contributed by atoms with Crippen molar-refractivity contribution in [2.24, 2.45) is 5.92 Å². The molecule has 0 saturated carbocycles. The van der Waals surface area contributed by atoms with Crippen molar-refractivity contribution in [2.45, 2.75) is 26.4 Å². The van der Waals surface area contributed by atoms with Crippen LogP contribution < -0.4 is 5.32 Å². The van der Waals surface area contributed by atoms with Crippen LogP contribution in [0.2, 0.25) is 0 Å². The Morgan fingerprint density at radius 2 is 2.17 bits per heavy atom. The fourth-order valence-electron chi connectivity index (χ4n) is 0.548. The van der Waals surface area contributed by atoms with Crippen molar-refractivity contribution in [1.29, 1.82) is 0 Å². The molecule has 3 nitrogen and oxygen atoms in total. The highest BCUT2D eigenvalue weighted by atomic mass is 35.5. The number of nitrogens with one attached hydrogen (secondary N) is 1. The minimum atomic E-state index is -0.859. The van der Waals surface area contributed by atoms with Gasteiger partial charge in [0.2, 0.25) is 5.91 Å². The minimum Gasteiger partial charge on any atom is -0.389 e. The molecule has 0 spiro atoms. The van der Waals surface area contributed by atoms with Crippen molar-refractivity contribution in [1.82, 2.24) is 5.32 Å². The molecule has 1 amide bonds. The molecule has 0 aliphatic heterocycles. The van der Waals surface area contributed by atoms with E-state index < -0.39 is 5.60 Å². The minimum absolute atomic E-state index is 0.118. The predicted octanol–water partition coefficient (Wildman–Crippen LogP) is 0.748. The Labute approximate surface area is 78.1 Å². The van der Waals surface area contributed by atoms with Crippen LogP contribution in [-0.4, -0.2) is 29.0 Å². The summed E-state index contributed by atoms with van der Waals surface area (Å²) < 4.78 is 0. The molecule has 0 rings (SSSR count). The highest BCUT2D eigenvalue weighted by Gasteiger charge is 2.16. The molecule has 0 aromatic rings. The molecule has 72 valence electrons. The summed E-state index contributed by atoms with van der Waals surface area (Å²) in [6.07, 6.45) is 0. The molecular weight excluding hydrogens is 178 g/mol. The Balaban J connectivity index is 3.72. The van der Waals surface area contributed by atoms with Crippen molar-refractivity contribution in [3.05, 3.63) is 0 Å². The Morgan fingerprint density at radius 1 is 1.67 bits per heavy atom. The summed E-state index contributed by atoms with van der Waals surface area (Å²) in [6, 6.07) is 0. The van der Waals surface area contributed by atoms with E-state index in [1.54, 1.807) is 20.8 Å². The van der Waals surface area contributed by atoms with E-state index in [1.807, 2.05) is 0 Å². The molecule has 0 aromatic carbocycles. The molecule has 4 heteroatoms. The molecule has 12 heavy (non-hydrogen) atoms. The van der Waals surface area contributed by atoms with E-state index in [0.717, 1.165) is 0 Å². The zero-order valence-electron chi connectivity index (χ0n) is 7.72. The Kier molecular flexibility index (Phi) is 4.57. The monoisotopic (exact) mass is 193 g/mol. The van der Waals surface area contributed by atoms with Crippen LogP contribution in [0.1, 0.15) is 20.8 Å². The maximum atomic E-state index is 11.1. The van der Waals surface area contributed by atoms with Crippen LogP contribution in [0.4, 0.5) is 0 Å². The van der Waals surface area contributed by atoms with Crippen LogP contribution in [0, 0.1) is 5.92 Å².